The highest BCUT2D eigenvalue weighted by Gasteiger charge is 2.37. The molecule has 4 rings (SSSR count). The third kappa shape index (κ3) is 4.74. The summed E-state index contributed by atoms with van der Waals surface area (Å²) < 4.78 is 19.1. The van der Waals surface area contributed by atoms with Crippen LogP contribution in [0.5, 0.6) is 0 Å². The molecule has 0 radical (unpaired) electrons. The molecule has 1 saturated heterocycles. The van der Waals surface area contributed by atoms with Gasteiger partial charge in [-0.2, -0.15) is 0 Å². The number of nitrogens with zero attached hydrogens (tertiary/aromatic N) is 1. The van der Waals surface area contributed by atoms with Crippen molar-refractivity contribution in [2.45, 2.75) is 51.0 Å². The molecule has 2 saturated carbocycles. The average molecular weight is 389 g/mol. The van der Waals surface area contributed by atoms with E-state index in [0.29, 0.717) is 45.3 Å². The van der Waals surface area contributed by atoms with Crippen LogP contribution in [0.1, 0.15) is 44.1 Å². The Morgan fingerprint density at radius 1 is 1.14 bits per heavy atom. The van der Waals surface area contributed by atoms with E-state index in [4.69, 9.17) is 4.74 Å². The molecule has 0 unspecified atom stereocenters. The van der Waals surface area contributed by atoms with Gasteiger partial charge < -0.3 is 15.0 Å². The van der Waals surface area contributed by atoms with Gasteiger partial charge in [0.1, 0.15) is 5.82 Å². The molecule has 3 aliphatic rings. The van der Waals surface area contributed by atoms with Crippen LogP contribution < -0.4 is 5.32 Å². The second-order valence-electron chi connectivity index (χ2n) is 8.78. The van der Waals surface area contributed by atoms with Crippen molar-refractivity contribution < 1.29 is 13.9 Å². The molecule has 1 aromatic rings. The minimum atomic E-state index is -0.232. The second-order valence-corrected chi connectivity index (χ2v) is 8.78. The van der Waals surface area contributed by atoms with Crippen molar-refractivity contribution in [3.63, 3.8) is 0 Å². The van der Waals surface area contributed by atoms with Crippen molar-refractivity contribution in [1.29, 1.82) is 0 Å². The summed E-state index contributed by atoms with van der Waals surface area (Å²) in [6.45, 7) is 3.22. The van der Waals surface area contributed by atoms with E-state index in [1.165, 1.54) is 44.6 Å². The number of ether oxygens (including phenoxy) is 1. The highest BCUT2D eigenvalue weighted by Crippen LogP contribution is 2.40. The van der Waals surface area contributed by atoms with Gasteiger partial charge >= 0.3 is 0 Å². The van der Waals surface area contributed by atoms with Crippen molar-refractivity contribution >= 4 is 5.91 Å². The third-order valence-corrected chi connectivity index (χ3v) is 6.96. The quantitative estimate of drug-likeness (QED) is 0.742. The molecule has 1 atom stereocenters. The van der Waals surface area contributed by atoms with Crippen LogP contribution in [-0.2, 0) is 16.0 Å². The fraction of sp³-hybridized carbons (Fsp3) is 0.696. The van der Waals surface area contributed by atoms with Gasteiger partial charge in [0, 0.05) is 25.7 Å². The molecule has 154 valence electrons. The largest absolute Gasteiger partial charge is 0.378 e. The highest BCUT2D eigenvalue weighted by atomic mass is 19.1. The highest BCUT2D eigenvalue weighted by molar-refractivity contribution is 5.79. The number of hydrogen-bond acceptors (Lipinski definition) is 3. The van der Waals surface area contributed by atoms with Crippen LogP contribution in [0.4, 0.5) is 4.39 Å². The van der Waals surface area contributed by atoms with Crippen molar-refractivity contribution in [2.24, 2.45) is 17.8 Å². The SMILES string of the molecule is O=C([C@@H](CNC(C1CCC1)C1CCC1)Cc1cccc(F)c1)N1CCOCC1. The van der Waals surface area contributed by atoms with Crippen molar-refractivity contribution in [3.05, 3.63) is 35.6 Å². The predicted molar refractivity (Wildman–Crippen MR) is 107 cm³/mol. The Kier molecular flexibility index (Phi) is 6.63. The number of halogens is 1. The molecule has 1 heterocycles. The third-order valence-electron chi connectivity index (χ3n) is 6.96. The molecule has 4 nitrogen and oxygen atoms in total. The number of rotatable bonds is 8. The number of morpholine rings is 1. The molecule has 3 fully saturated rings. The number of carbonyl (C=O) groups is 1. The first-order chi connectivity index (χ1) is 13.7. The number of amides is 1. The van der Waals surface area contributed by atoms with Gasteiger partial charge in [-0.05, 0) is 61.6 Å². The minimum absolute atomic E-state index is 0.150. The normalized spacial score (nSPS) is 22.0. The van der Waals surface area contributed by atoms with E-state index in [0.717, 1.165) is 17.4 Å². The van der Waals surface area contributed by atoms with Gasteiger partial charge in [0.15, 0.2) is 0 Å². The molecule has 2 aliphatic carbocycles. The molecule has 0 bridgehead atoms. The van der Waals surface area contributed by atoms with E-state index in [9.17, 15) is 9.18 Å². The van der Waals surface area contributed by atoms with E-state index in [1.54, 1.807) is 12.1 Å². The summed E-state index contributed by atoms with van der Waals surface area (Å²) in [5.41, 5.74) is 0.900. The first kappa shape index (κ1) is 19.8. The predicted octanol–water partition coefficient (Wildman–Crippen LogP) is 3.40. The Hall–Kier alpha value is -1.46. The molecule has 5 heteroatoms. The van der Waals surface area contributed by atoms with Gasteiger partial charge in [-0.15, -0.1) is 0 Å². The Morgan fingerprint density at radius 2 is 1.82 bits per heavy atom. The zero-order valence-electron chi connectivity index (χ0n) is 16.7. The fourth-order valence-corrected chi connectivity index (χ4v) is 4.83. The first-order valence-corrected chi connectivity index (χ1v) is 11.0. The second kappa shape index (κ2) is 9.36. The molecule has 1 N–H and O–H groups in total. The van der Waals surface area contributed by atoms with Crippen molar-refractivity contribution in [3.8, 4) is 0 Å². The minimum Gasteiger partial charge on any atom is -0.378 e. The molecule has 0 aromatic heterocycles. The molecule has 28 heavy (non-hydrogen) atoms. The van der Waals surface area contributed by atoms with Crippen LogP contribution >= 0.6 is 0 Å². The lowest BCUT2D eigenvalue weighted by atomic mass is 9.68. The van der Waals surface area contributed by atoms with Crippen molar-refractivity contribution in [2.75, 3.05) is 32.8 Å². The van der Waals surface area contributed by atoms with Gasteiger partial charge in [0.2, 0.25) is 5.91 Å². The molecule has 1 aromatic carbocycles. The summed E-state index contributed by atoms with van der Waals surface area (Å²) >= 11 is 0. The van der Waals surface area contributed by atoms with Gasteiger partial charge in [0.05, 0.1) is 19.1 Å². The zero-order valence-corrected chi connectivity index (χ0v) is 16.7. The summed E-state index contributed by atoms with van der Waals surface area (Å²) in [6, 6.07) is 7.24. The summed E-state index contributed by atoms with van der Waals surface area (Å²) in [6.07, 6.45) is 8.55. The molecular weight excluding hydrogens is 355 g/mol. The molecule has 1 amide bonds. The topological polar surface area (TPSA) is 41.6 Å². The average Bonchev–Trinajstić information content (AvgIpc) is 2.62. The maximum absolute atomic E-state index is 13.7. The lowest BCUT2D eigenvalue weighted by Crippen LogP contribution is -2.51. The number of hydrogen-bond donors (Lipinski definition) is 1. The number of carbonyl (C=O) groups excluding carboxylic acids is 1. The van der Waals surface area contributed by atoms with Crippen LogP contribution in [0.3, 0.4) is 0 Å². The standard InChI is InChI=1S/C23H33FN2O2/c24-21-9-1-4-17(15-21)14-20(23(27)26-10-12-28-13-11-26)16-25-22(18-5-2-6-18)19-7-3-8-19/h1,4,9,15,18-20,22,25H,2-3,5-8,10-14,16H2/t20-/m1/s1. The Balaban J connectivity index is 1.44. The Labute approximate surface area is 167 Å². The zero-order chi connectivity index (χ0) is 19.3. The van der Waals surface area contributed by atoms with E-state index >= 15 is 0 Å². The molecular formula is C23H33FN2O2. The summed E-state index contributed by atoms with van der Waals surface area (Å²) in [7, 11) is 0. The maximum atomic E-state index is 13.7. The number of nitrogens with one attached hydrogen (secondary N) is 1. The lowest BCUT2D eigenvalue weighted by molar-refractivity contribution is -0.139. The van der Waals surface area contributed by atoms with Crippen LogP contribution in [-0.4, -0.2) is 49.7 Å². The lowest BCUT2D eigenvalue weighted by Gasteiger charge is -2.43. The van der Waals surface area contributed by atoms with E-state index in [1.807, 2.05) is 11.0 Å². The van der Waals surface area contributed by atoms with Gasteiger partial charge in [-0.1, -0.05) is 25.0 Å². The van der Waals surface area contributed by atoms with Crippen molar-refractivity contribution in [1.82, 2.24) is 10.2 Å². The summed E-state index contributed by atoms with van der Waals surface area (Å²) in [5.74, 6) is 1.35. The van der Waals surface area contributed by atoms with Crippen LogP contribution in [0.25, 0.3) is 0 Å². The van der Waals surface area contributed by atoms with E-state index in [-0.39, 0.29) is 17.6 Å². The Bertz CT molecular complexity index is 640. The molecule has 1 aliphatic heterocycles. The van der Waals surface area contributed by atoms with E-state index in [2.05, 4.69) is 5.32 Å². The van der Waals surface area contributed by atoms with Crippen LogP contribution in [0.2, 0.25) is 0 Å². The van der Waals surface area contributed by atoms with Crippen LogP contribution in [0.15, 0.2) is 24.3 Å². The van der Waals surface area contributed by atoms with E-state index < -0.39 is 0 Å². The molecule has 0 spiro atoms. The van der Waals surface area contributed by atoms with Gasteiger partial charge in [0.25, 0.3) is 0 Å². The first-order valence-electron chi connectivity index (χ1n) is 11.0. The van der Waals surface area contributed by atoms with Gasteiger partial charge in [-0.25, -0.2) is 4.39 Å². The smallest absolute Gasteiger partial charge is 0.227 e. The van der Waals surface area contributed by atoms with Gasteiger partial charge in [-0.3, -0.25) is 4.79 Å². The van der Waals surface area contributed by atoms with Crippen LogP contribution in [0, 0.1) is 23.6 Å². The summed E-state index contributed by atoms with van der Waals surface area (Å²) in [5, 5.41) is 3.81. The Morgan fingerprint density at radius 3 is 2.39 bits per heavy atom. The maximum Gasteiger partial charge on any atom is 0.227 e. The number of benzene rings is 1. The summed E-state index contributed by atoms with van der Waals surface area (Å²) in [4.78, 5) is 15.2. The monoisotopic (exact) mass is 388 g/mol. The fourth-order valence-electron chi connectivity index (χ4n) is 4.83.